The van der Waals surface area contributed by atoms with Gasteiger partial charge in [-0.1, -0.05) is 12.1 Å². The number of nitriles is 1. The van der Waals surface area contributed by atoms with E-state index >= 15 is 0 Å². The molecule has 22 heavy (non-hydrogen) atoms. The average molecular weight is 295 g/mol. The first-order valence-electron chi connectivity index (χ1n) is 6.76. The highest BCUT2D eigenvalue weighted by Gasteiger charge is 2.11. The molecule has 2 aromatic rings. The predicted molar refractivity (Wildman–Crippen MR) is 80.7 cm³/mol. The van der Waals surface area contributed by atoms with Gasteiger partial charge in [0.05, 0.1) is 5.69 Å². The number of fused-ring (bicyclic) bond motifs is 1. The number of nitrogens with one attached hydrogen (secondary N) is 1. The first-order valence-corrected chi connectivity index (χ1v) is 6.76. The summed E-state index contributed by atoms with van der Waals surface area (Å²) in [5.74, 6) is 1.44. The van der Waals surface area contributed by atoms with Crippen molar-refractivity contribution in [1.82, 2.24) is 10.2 Å². The van der Waals surface area contributed by atoms with Crippen LogP contribution in [0, 0.1) is 18.3 Å². The number of benzene rings is 1. The highest BCUT2D eigenvalue weighted by atomic mass is 16.6. The van der Waals surface area contributed by atoms with Crippen LogP contribution in [0.5, 0.6) is 11.5 Å². The van der Waals surface area contributed by atoms with Gasteiger partial charge in [0.15, 0.2) is 11.5 Å². The summed E-state index contributed by atoms with van der Waals surface area (Å²) in [5, 5.41) is 15.3. The summed E-state index contributed by atoms with van der Waals surface area (Å²) in [6, 6.07) is 7.51. The summed E-state index contributed by atoms with van der Waals surface area (Å²) in [4.78, 5) is 11.5. The SMILES string of the molecule is Cc1c(/C=C/c2ccc3c(c2)OCCO3)n[nH]c(=O)c1C#N. The predicted octanol–water partition coefficient (Wildman–Crippen LogP) is 1.89. The van der Waals surface area contributed by atoms with E-state index in [1.165, 1.54) is 0 Å². The number of hydrogen-bond donors (Lipinski definition) is 1. The molecule has 1 aliphatic rings. The van der Waals surface area contributed by atoms with E-state index in [2.05, 4.69) is 10.2 Å². The Bertz CT molecular complexity index is 847. The normalized spacial score (nSPS) is 13.1. The van der Waals surface area contributed by atoms with E-state index < -0.39 is 5.56 Å². The Morgan fingerprint density at radius 1 is 1.27 bits per heavy atom. The molecule has 0 spiro atoms. The number of rotatable bonds is 2. The van der Waals surface area contributed by atoms with Crippen LogP contribution in [0.1, 0.15) is 22.4 Å². The van der Waals surface area contributed by atoms with E-state index in [1.54, 1.807) is 13.0 Å². The molecular weight excluding hydrogens is 282 g/mol. The van der Waals surface area contributed by atoms with Crippen molar-refractivity contribution in [3.8, 4) is 17.6 Å². The lowest BCUT2D eigenvalue weighted by atomic mass is 10.1. The quantitative estimate of drug-likeness (QED) is 0.914. The van der Waals surface area contributed by atoms with Crippen molar-refractivity contribution >= 4 is 12.2 Å². The Labute approximate surface area is 126 Å². The molecule has 110 valence electrons. The minimum Gasteiger partial charge on any atom is -0.486 e. The molecule has 1 aromatic carbocycles. The minimum absolute atomic E-state index is 0.0804. The fourth-order valence-corrected chi connectivity index (χ4v) is 2.18. The first kappa shape index (κ1) is 13.9. The third-order valence-corrected chi connectivity index (χ3v) is 3.38. The molecule has 0 fully saturated rings. The van der Waals surface area contributed by atoms with Crippen molar-refractivity contribution in [1.29, 1.82) is 5.26 Å². The summed E-state index contributed by atoms with van der Waals surface area (Å²) >= 11 is 0. The molecule has 2 heterocycles. The van der Waals surface area contributed by atoms with Crippen LogP contribution in [0.3, 0.4) is 0 Å². The van der Waals surface area contributed by atoms with Gasteiger partial charge in [-0.2, -0.15) is 10.4 Å². The van der Waals surface area contributed by atoms with E-state index in [-0.39, 0.29) is 5.56 Å². The maximum absolute atomic E-state index is 11.5. The number of aromatic nitrogens is 2. The Morgan fingerprint density at radius 2 is 2.05 bits per heavy atom. The van der Waals surface area contributed by atoms with Crippen molar-refractivity contribution < 1.29 is 9.47 Å². The van der Waals surface area contributed by atoms with Gasteiger partial charge < -0.3 is 9.47 Å². The lowest BCUT2D eigenvalue weighted by molar-refractivity contribution is 0.171. The number of nitrogens with zero attached hydrogens (tertiary/aromatic N) is 2. The van der Waals surface area contributed by atoms with Gasteiger partial charge in [-0.3, -0.25) is 4.79 Å². The molecule has 0 unspecified atom stereocenters. The van der Waals surface area contributed by atoms with Gasteiger partial charge in [0.1, 0.15) is 24.8 Å². The van der Waals surface area contributed by atoms with Crippen LogP contribution in [-0.2, 0) is 0 Å². The van der Waals surface area contributed by atoms with Crippen LogP contribution in [0.4, 0.5) is 0 Å². The molecule has 0 radical (unpaired) electrons. The molecular formula is C16H13N3O3. The van der Waals surface area contributed by atoms with Gasteiger partial charge in [-0.15, -0.1) is 0 Å². The highest BCUT2D eigenvalue weighted by molar-refractivity contribution is 5.71. The van der Waals surface area contributed by atoms with Gasteiger partial charge in [0.2, 0.25) is 0 Å². The van der Waals surface area contributed by atoms with E-state index in [4.69, 9.17) is 14.7 Å². The molecule has 6 nitrogen and oxygen atoms in total. The molecule has 1 aromatic heterocycles. The van der Waals surface area contributed by atoms with Crippen LogP contribution in [-0.4, -0.2) is 23.4 Å². The number of H-pyrrole nitrogens is 1. The smallest absolute Gasteiger partial charge is 0.282 e. The summed E-state index contributed by atoms with van der Waals surface area (Å²) in [7, 11) is 0. The zero-order chi connectivity index (χ0) is 15.5. The highest BCUT2D eigenvalue weighted by Crippen LogP contribution is 2.31. The molecule has 0 aliphatic carbocycles. The van der Waals surface area contributed by atoms with Crippen LogP contribution in [0.15, 0.2) is 23.0 Å². The molecule has 0 saturated heterocycles. The second-order valence-electron chi connectivity index (χ2n) is 4.79. The van der Waals surface area contributed by atoms with Crippen molar-refractivity contribution in [2.45, 2.75) is 6.92 Å². The zero-order valence-electron chi connectivity index (χ0n) is 11.9. The fourth-order valence-electron chi connectivity index (χ4n) is 2.18. The third kappa shape index (κ3) is 2.56. The summed E-state index contributed by atoms with van der Waals surface area (Å²) < 4.78 is 11.0. The number of aromatic amines is 1. The Balaban J connectivity index is 1.92. The average Bonchev–Trinajstić information content (AvgIpc) is 2.54. The van der Waals surface area contributed by atoms with E-state index in [9.17, 15) is 4.79 Å². The standard InChI is InChI=1S/C16H13N3O3/c1-10-12(9-17)16(20)19-18-13(10)4-2-11-3-5-14-15(8-11)22-7-6-21-14/h2-5,8H,6-7H2,1H3,(H,19,20)/b4-2+. The fraction of sp³-hybridized carbons (Fsp3) is 0.188. The number of hydrogen-bond acceptors (Lipinski definition) is 5. The molecule has 3 rings (SSSR count). The van der Waals surface area contributed by atoms with Crippen LogP contribution < -0.4 is 15.0 Å². The monoisotopic (exact) mass is 295 g/mol. The van der Waals surface area contributed by atoms with Crippen molar-refractivity contribution in [2.24, 2.45) is 0 Å². The van der Waals surface area contributed by atoms with Gasteiger partial charge in [0.25, 0.3) is 5.56 Å². The maximum atomic E-state index is 11.5. The number of ether oxygens (including phenoxy) is 2. The molecule has 1 aliphatic heterocycles. The molecule has 0 atom stereocenters. The maximum Gasteiger partial charge on any atom is 0.282 e. The summed E-state index contributed by atoms with van der Waals surface area (Å²) in [6.07, 6.45) is 3.59. The van der Waals surface area contributed by atoms with Gasteiger partial charge >= 0.3 is 0 Å². The van der Waals surface area contributed by atoms with E-state index in [0.29, 0.717) is 30.2 Å². The van der Waals surface area contributed by atoms with Gasteiger partial charge in [-0.05, 0) is 36.3 Å². The van der Waals surface area contributed by atoms with Crippen molar-refractivity contribution in [3.05, 3.63) is 50.9 Å². The Kier molecular flexibility index (Phi) is 3.62. The van der Waals surface area contributed by atoms with Crippen LogP contribution in [0.2, 0.25) is 0 Å². The van der Waals surface area contributed by atoms with Crippen LogP contribution in [0.25, 0.3) is 12.2 Å². The zero-order valence-corrected chi connectivity index (χ0v) is 11.9. The molecule has 0 amide bonds. The molecule has 1 N–H and O–H groups in total. The third-order valence-electron chi connectivity index (χ3n) is 3.38. The summed E-state index contributed by atoms with van der Waals surface area (Å²) in [5.41, 5.74) is 1.62. The Hall–Kier alpha value is -3.07. The lowest BCUT2D eigenvalue weighted by Crippen LogP contribution is -2.15. The van der Waals surface area contributed by atoms with E-state index in [1.807, 2.05) is 30.3 Å². The topological polar surface area (TPSA) is 88.0 Å². The molecule has 0 bridgehead atoms. The van der Waals surface area contributed by atoms with E-state index in [0.717, 1.165) is 11.3 Å². The lowest BCUT2D eigenvalue weighted by Gasteiger charge is -2.18. The van der Waals surface area contributed by atoms with Crippen molar-refractivity contribution in [2.75, 3.05) is 13.2 Å². The van der Waals surface area contributed by atoms with Crippen LogP contribution >= 0.6 is 0 Å². The Morgan fingerprint density at radius 3 is 2.82 bits per heavy atom. The largest absolute Gasteiger partial charge is 0.486 e. The second kappa shape index (κ2) is 5.74. The minimum atomic E-state index is -0.475. The van der Waals surface area contributed by atoms with Gasteiger partial charge in [-0.25, -0.2) is 5.10 Å². The van der Waals surface area contributed by atoms with Gasteiger partial charge in [0, 0.05) is 0 Å². The molecule has 6 heteroatoms. The first-order chi connectivity index (χ1) is 10.7. The molecule has 0 saturated carbocycles. The summed E-state index contributed by atoms with van der Waals surface area (Å²) in [6.45, 7) is 2.79. The second-order valence-corrected chi connectivity index (χ2v) is 4.79. The van der Waals surface area contributed by atoms with Crippen molar-refractivity contribution in [3.63, 3.8) is 0 Å².